The molecular formula is C57H36N4. The number of aromatic nitrogens is 4. The van der Waals surface area contributed by atoms with Crippen molar-refractivity contribution >= 4 is 54.3 Å². The van der Waals surface area contributed by atoms with Crippen molar-refractivity contribution in [3.63, 3.8) is 0 Å². The van der Waals surface area contributed by atoms with Crippen LogP contribution in [-0.4, -0.2) is 19.5 Å². The first-order valence-corrected chi connectivity index (χ1v) is 20.7. The van der Waals surface area contributed by atoms with Crippen LogP contribution in [0.2, 0.25) is 0 Å². The van der Waals surface area contributed by atoms with E-state index in [-0.39, 0.29) is 0 Å². The number of rotatable bonds is 6. The lowest BCUT2D eigenvalue weighted by atomic mass is 9.91. The summed E-state index contributed by atoms with van der Waals surface area (Å²) in [5, 5.41) is 8.19. The predicted octanol–water partition coefficient (Wildman–Crippen LogP) is 14.8. The molecule has 0 spiro atoms. The molecule has 12 aromatic rings. The Morgan fingerprint density at radius 2 is 0.885 bits per heavy atom. The van der Waals surface area contributed by atoms with Crippen LogP contribution in [0.15, 0.2) is 218 Å². The largest absolute Gasteiger partial charge is 0.309 e. The third-order valence-corrected chi connectivity index (χ3v) is 12.0. The fraction of sp³-hybridized carbons (Fsp3) is 0. The number of fused-ring (bicyclic) bond motifs is 8. The minimum atomic E-state index is 0.703. The smallest absolute Gasteiger partial charge is 0.160 e. The lowest BCUT2D eigenvalue weighted by Crippen LogP contribution is -1.96. The Morgan fingerprint density at radius 1 is 0.311 bits per heavy atom. The van der Waals surface area contributed by atoms with E-state index in [9.17, 15) is 0 Å². The molecule has 0 saturated heterocycles. The van der Waals surface area contributed by atoms with Crippen molar-refractivity contribution in [1.29, 1.82) is 0 Å². The van der Waals surface area contributed by atoms with E-state index in [2.05, 4.69) is 199 Å². The molecule has 0 radical (unpaired) electrons. The van der Waals surface area contributed by atoms with Crippen LogP contribution in [0, 0.1) is 0 Å². The van der Waals surface area contributed by atoms with Crippen LogP contribution in [0.1, 0.15) is 0 Å². The van der Waals surface area contributed by atoms with Gasteiger partial charge in [-0.25, -0.2) is 15.0 Å². The molecule has 284 valence electrons. The molecule has 0 aliphatic heterocycles. The fourth-order valence-corrected chi connectivity index (χ4v) is 9.22. The van der Waals surface area contributed by atoms with Crippen LogP contribution in [0.3, 0.4) is 0 Å². The highest BCUT2D eigenvalue weighted by molar-refractivity contribution is 6.28. The van der Waals surface area contributed by atoms with Gasteiger partial charge >= 0.3 is 0 Å². The maximum absolute atomic E-state index is 5.59. The van der Waals surface area contributed by atoms with E-state index in [1.807, 2.05) is 24.3 Å². The van der Waals surface area contributed by atoms with Gasteiger partial charge in [0.15, 0.2) is 5.82 Å². The summed E-state index contributed by atoms with van der Waals surface area (Å²) in [7, 11) is 0. The molecule has 0 amide bonds. The first-order valence-electron chi connectivity index (χ1n) is 20.7. The maximum Gasteiger partial charge on any atom is 0.160 e. The molecule has 0 fully saturated rings. The highest BCUT2D eigenvalue weighted by Gasteiger charge is 2.21. The van der Waals surface area contributed by atoms with E-state index in [0.717, 1.165) is 83.3 Å². The van der Waals surface area contributed by atoms with Crippen molar-refractivity contribution in [2.45, 2.75) is 0 Å². The van der Waals surface area contributed by atoms with Gasteiger partial charge in [-0.1, -0.05) is 182 Å². The summed E-state index contributed by atoms with van der Waals surface area (Å²) < 4.78 is 2.38. The highest BCUT2D eigenvalue weighted by Crippen LogP contribution is 2.44. The topological polar surface area (TPSA) is 43.6 Å². The molecule has 0 aliphatic rings. The first kappa shape index (κ1) is 34.8. The second-order valence-corrected chi connectivity index (χ2v) is 15.5. The molecule has 0 saturated carbocycles. The number of hydrogen-bond acceptors (Lipinski definition) is 3. The van der Waals surface area contributed by atoms with E-state index in [1.54, 1.807) is 0 Å². The molecule has 0 aliphatic carbocycles. The molecule has 3 aromatic heterocycles. The number of hydrogen-bond donors (Lipinski definition) is 0. The summed E-state index contributed by atoms with van der Waals surface area (Å²) in [6, 6.07) is 77.2. The Kier molecular flexibility index (Phi) is 8.13. The average molecular weight is 777 g/mol. The molecule has 9 aromatic carbocycles. The van der Waals surface area contributed by atoms with Crippen LogP contribution < -0.4 is 0 Å². The summed E-state index contributed by atoms with van der Waals surface area (Å²) in [5.41, 5.74) is 13.6. The fourth-order valence-electron chi connectivity index (χ4n) is 9.22. The molecule has 12 rings (SSSR count). The molecule has 0 atom stereocenters. The van der Waals surface area contributed by atoms with E-state index in [0.29, 0.717) is 5.82 Å². The monoisotopic (exact) mass is 776 g/mol. The Morgan fingerprint density at radius 3 is 1.62 bits per heavy atom. The van der Waals surface area contributed by atoms with Gasteiger partial charge in [-0.15, -0.1) is 0 Å². The highest BCUT2D eigenvalue weighted by atomic mass is 15.0. The molecule has 0 bridgehead atoms. The normalized spacial score (nSPS) is 11.6. The average Bonchev–Trinajstić information content (AvgIpc) is 3.69. The molecule has 4 nitrogen and oxygen atoms in total. The summed E-state index contributed by atoms with van der Waals surface area (Å²) in [6.45, 7) is 0. The van der Waals surface area contributed by atoms with Crippen molar-refractivity contribution in [1.82, 2.24) is 19.5 Å². The van der Waals surface area contributed by atoms with Gasteiger partial charge in [-0.05, 0) is 63.7 Å². The zero-order valence-electron chi connectivity index (χ0n) is 33.1. The predicted molar refractivity (Wildman–Crippen MR) is 254 cm³/mol. The van der Waals surface area contributed by atoms with Gasteiger partial charge in [0.2, 0.25) is 0 Å². The summed E-state index contributed by atoms with van der Waals surface area (Å²) in [4.78, 5) is 15.8. The molecule has 0 unspecified atom stereocenters. The zero-order chi connectivity index (χ0) is 40.3. The second kappa shape index (κ2) is 14.3. The van der Waals surface area contributed by atoms with Crippen molar-refractivity contribution in [2.24, 2.45) is 0 Å². The third kappa shape index (κ3) is 5.80. The van der Waals surface area contributed by atoms with Gasteiger partial charge < -0.3 is 4.57 Å². The van der Waals surface area contributed by atoms with Gasteiger partial charge in [0.05, 0.1) is 33.6 Å². The van der Waals surface area contributed by atoms with E-state index < -0.39 is 0 Å². The van der Waals surface area contributed by atoms with Gasteiger partial charge in [0.25, 0.3) is 0 Å². The molecule has 4 heteroatoms. The van der Waals surface area contributed by atoms with Gasteiger partial charge in [-0.3, -0.25) is 0 Å². The van der Waals surface area contributed by atoms with E-state index in [4.69, 9.17) is 15.0 Å². The van der Waals surface area contributed by atoms with E-state index >= 15 is 0 Å². The van der Waals surface area contributed by atoms with Crippen LogP contribution >= 0.6 is 0 Å². The minimum absolute atomic E-state index is 0.703. The third-order valence-electron chi connectivity index (χ3n) is 12.0. The van der Waals surface area contributed by atoms with Crippen molar-refractivity contribution in [3.8, 4) is 62.0 Å². The molecule has 3 heterocycles. The summed E-state index contributed by atoms with van der Waals surface area (Å²) in [5.74, 6) is 0.703. The Labute approximate surface area is 352 Å². The van der Waals surface area contributed by atoms with Crippen molar-refractivity contribution < 1.29 is 0 Å². The quantitative estimate of drug-likeness (QED) is 0.158. The van der Waals surface area contributed by atoms with Crippen molar-refractivity contribution in [2.75, 3.05) is 0 Å². The number of benzene rings is 9. The molecular weight excluding hydrogens is 741 g/mol. The first-order chi connectivity index (χ1) is 30.3. The van der Waals surface area contributed by atoms with Gasteiger partial charge in [0.1, 0.15) is 0 Å². The molecule has 0 N–H and O–H groups in total. The molecule has 61 heavy (non-hydrogen) atoms. The summed E-state index contributed by atoms with van der Waals surface area (Å²) >= 11 is 0. The van der Waals surface area contributed by atoms with E-state index in [1.165, 1.54) is 27.1 Å². The summed E-state index contributed by atoms with van der Waals surface area (Å²) in [6.07, 6.45) is 0. The van der Waals surface area contributed by atoms with Gasteiger partial charge in [-0.2, -0.15) is 0 Å². The van der Waals surface area contributed by atoms with Crippen LogP contribution in [0.25, 0.3) is 116 Å². The standard InChI is InChI=1S/C57H36N4/c1-5-17-37(18-6-1)49-36-51(60-57(59-49)39-21-9-3-10-22-39)45-32-31-42(43-25-13-14-26-44(43)45)40-29-30-46-47-33-34-53-54(55(47)56(58-50(46)35-40)38-19-7-2-8-20-38)48-27-15-16-28-52(48)61(53)41-23-11-4-12-24-41/h1-36H. The second-order valence-electron chi connectivity index (χ2n) is 15.5. The number of para-hydroxylation sites is 2. The number of nitrogens with zero attached hydrogens (tertiary/aromatic N) is 4. The Bertz CT molecular complexity index is 3560. The lowest BCUT2D eigenvalue weighted by Gasteiger charge is -2.15. The van der Waals surface area contributed by atoms with Crippen LogP contribution in [-0.2, 0) is 0 Å². The maximum atomic E-state index is 5.59. The zero-order valence-corrected chi connectivity index (χ0v) is 33.1. The van der Waals surface area contributed by atoms with Crippen molar-refractivity contribution in [3.05, 3.63) is 218 Å². The Balaban J connectivity index is 1.07. The van der Waals surface area contributed by atoms with Crippen LogP contribution in [0.5, 0.6) is 0 Å². The minimum Gasteiger partial charge on any atom is -0.309 e. The number of pyridine rings is 1. The Hall–Kier alpha value is -8.21. The van der Waals surface area contributed by atoms with Crippen LogP contribution in [0.4, 0.5) is 0 Å². The van der Waals surface area contributed by atoms with Gasteiger partial charge in [0, 0.05) is 49.5 Å². The lowest BCUT2D eigenvalue weighted by molar-refractivity contribution is 1.18. The SMILES string of the molecule is c1ccc(-c2cc(-c3ccc(-c4ccc5c(c4)nc(-c4ccccc4)c4c5ccc5c4c4ccccc4n5-c4ccccc4)c4ccccc34)nc(-c3ccccc3)n2)cc1.